The van der Waals surface area contributed by atoms with Crippen LogP contribution in [0.5, 0.6) is 0 Å². The lowest BCUT2D eigenvalue weighted by molar-refractivity contribution is -0.116. The lowest BCUT2D eigenvalue weighted by Crippen LogP contribution is -2.31. The number of ketones is 1. The summed E-state index contributed by atoms with van der Waals surface area (Å²) in [5.41, 5.74) is 4.02. The fourth-order valence-corrected chi connectivity index (χ4v) is 2.77. The minimum Gasteiger partial charge on any atom is -0.292 e. The van der Waals surface area contributed by atoms with Crippen LogP contribution in [0, 0.1) is 12.8 Å². The summed E-state index contributed by atoms with van der Waals surface area (Å²) >= 11 is 0. The molecule has 106 valence electrons. The summed E-state index contributed by atoms with van der Waals surface area (Å²) in [5, 5.41) is 0. The van der Waals surface area contributed by atoms with Crippen molar-refractivity contribution in [3.05, 3.63) is 71.3 Å². The second-order valence-corrected chi connectivity index (χ2v) is 5.64. The summed E-state index contributed by atoms with van der Waals surface area (Å²) in [6.07, 6.45) is 1.66. The summed E-state index contributed by atoms with van der Waals surface area (Å²) in [7, 11) is 0. The predicted octanol–water partition coefficient (Wildman–Crippen LogP) is 3.62. The first-order valence-corrected chi connectivity index (χ1v) is 7.43. The molecule has 0 saturated carbocycles. The Balaban J connectivity index is 1.80. The minimum atomic E-state index is 0.0567. The molecule has 0 radical (unpaired) electrons. The molecule has 3 rings (SSSR count). The van der Waals surface area contributed by atoms with E-state index in [-0.39, 0.29) is 11.7 Å². The van der Waals surface area contributed by atoms with Crippen molar-refractivity contribution >= 4 is 11.5 Å². The van der Waals surface area contributed by atoms with E-state index in [0.717, 1.165) is 24.9 Å². The van der Waals surface area contributed by atoms with Gasteiger partial charge in [0.05, 0.1) is 0 Å². The third kappa shape index (κ3) is 3.10. The van der Waals surface area contributed by atoms with Crippen LogP contribution in [-0.4, -0.2) is 18.0 Å². The van der Waals surface area contributed by atoms with E-state index in [1.54, 1.807) is 0 Å². The molecule has 1 heterocycles. The molecule has 1 unspecified atom stereocenters. The van der Waals surface area contributed by atoms with Crippen LogP contribution < -0.4 is 0 Å². The molecule has 0 spiro atoms. The van der Waals surface area contributed by atoms with Crippen molar-refractivity contribution < 1.29 is 4.79 Å². The van der Waals surface area contributed by atoms with E-state index in [1.165, 1.54) is 11.1 Å². The fraction of sp³-hybridized carbons (Fsp3) is 0.263. The van der Waals surface area contributed by atoms with Gasteiger partial charge in [-0.15, -0.1) is 0 Å². The Labute approximate surface area is 125 Å². The molecule has 0 amide bonds. The quantitative estimate of drug-likeness (QED) is 0.842. The highest BCUT2D eigenvalue weighted by Crippen LogP contribution is 2.21. The monoisotopic (exact) mass is 277 g/mol. The zero-order chi connectivity index (χ0) is 14.7. The predicted molar refractivity (Wildman–Crippen MR) is 85.8 cm³/mol. The van der Waals surface area contributed by atoms with Gasteiger partial charge in [-0.1, -0.05) is 60.2 Å². The number of Topliss-reactive ketones (excluding diaryl/α,β-unsaturated/α-hetero) is 1. The molecule has 21 heavy (non-hydrogen) atoms. The molecule has 2 aromatic rings. The number of aryl methyl sites for hydroxylation is 1. The van der Waals surface area contributed by atoms with Gasteiger partial charge >= 0.3 is 0 Å². The van der Waals surface area contributed by atoms with Gasteiger partial charge < -0.3 is 0 Å². The first kappa shape index (κ1) is 13.7. The van der Waals surface area contributed by atoms with Crippen molar-refractivity contribution in [1.29, 1.82) is 0 Å². The molecule has 0 saturated heterocycles. The molecule has 0 bridgehead atoms. The number of hydrogen-bond donors (Lipinski definition) is 0. The van der Waals surface area contributed by atoms with Crippen LogP contribution in [0.1, 0.15) is 23.1 Å². The van der Waals surface area contributed by atoms with Gasteiger partial charge in [0.15, 0.2) is 5.78 Å². The van der Waals surface area contributed by atoms with Gasteiger partial charge in [-0.3, -0.25) is 9.79 Å². The molecule has 0 aliphatic carbocycles. The number of rotatable bonds is 3. The molecule has 0 fully saturated rings. The van der Waals surface area contributed by atoms with Crippen molar-refractivity contribution in [2.75, 3.05) is 6.54 Å². The van der Waals surface area contributed by atoms with Gasteiger partial charge in [-0.05, 0) is 25.3 Å². The van der Waals surface area contributed by atoms with E-state index >= 15 is 0 Å². The smallest absolute Gasteiger partial charge is 0.184 e. The molecule has 2 nitrogen and oxygen atoms in total. The molecule has 1 aliphatic rings. The Hall–Kier alpha value is -2.22. The fourth-order valence-electron chi connectivity index (χ4n) is 2.77. The SMILES string of the molecule is Cc1ccc(C2=NCCC(Cc3ccccc3)C2=O)cc1. The average molecular weight is 277 g/mol. The van der Waals surface area contributed by atoms with Crippen molar-refractivity contribution in [2.24, 2.45) is 10.9 Å². The van der Waals surface area contributed by atoms with E-state index in [1.807, 2.05) is 49.4 Å². The van der Waals surface area contributed by atoms with E-state index in [9.17, 15) is 4.79 Å². The van der Waals surface area contributed by atoms with Gasteiger partial charge in [0, 0.05) is 18.0 Å². The number of carbonyl (C=O) groups is 1. The van der Waals surface area contributed by atoms with E-state index < -0.39 is 0 Å². The molecular formula is C19H19NO. The Morgan fingerprint density at radius 1 is 1.05 bits per heavy atom. The van der Waals surface area contributed by atoms with E-state index in [2.05, 4.69) is 17.1 Å². The molecular weight excluding hydrogens is 258 g/mol. The minimum absolute atomic E-state index is 0.0567. The Bertz CT molecular complexity index is 656. The van der Waals surface area contributed by atoms with Crippen LogP contribution in [0.4, 0.5) is 0 Å². The van der Waals surface area contributed by atoms with Crippen molar-refractivity contribution in [2.45, 2.75) is 19.8 Å². The third-order valence-corrected chi connectivity index (χ3v) is 4.00. The summed E-state index contributed by atoms with van der Waals surface area (Å²) in [6.45, 7) is 2.79. The molecule has 1 atom stereocenters. The van der Waals surface area contributed by atoms with E-state index in [4.69, 9.17) is 0 Å². The maximum absolute atomic E-state index is 12.7. The number of nitrogens with zero attached hydrogens (tertiary/aromatic N) is 1. The molecule has 0 N–H and O–H groups in total. The lowest BCUT2D eigenvalue weighted by Gasteiger charge is -2.21. The standard InChI is InChI=1S/C19H19NO/c1-14-7-9-16(10-8-14)18-19(21)17(11-12-20-18)13-15-5-3-2-4-6-15/h2-10,17H,11-13H2,1H3. The van der Waals surface area contributed by atoms with Gasteiger partial charge in [-0.25, -0.2) is 0 Å². The topological polar surface area (TPSA) is 29.4 Å². The number of carbonyl (C=O) groups excluding carboxylic acids is 1. The third-order valence-electron chi connectivity index (χ3n) is 4.00. The molecule has 0 aromatic heterocycles. The lowest BCUT2D eigenvalue weighted by atomic mass is 9.86. The number of aliphatic imine (C=N–C) groups is 1. The highest BCUT2D eigenvalue weighted by molar-refractivity contribution is 6.47. The van der Waals surface area contributed by atoms with Gasteiger partial charge in [0.1, 0.15) is 5.71 Å². The Morgan fingerprint density at radius 3 is 2.48 bits per heavy atom. The highest BCUT2D eigenvalue weighted by Gasteiger charge is 2.27. The second-order valence-electron chi connectivity index (χ2n) is 5.64. The van der Waals surface area contributed by atoms with Crippen LogP contribution in [-0.2, 0) is 11.2 Å². The van der Waals surface area contributed by atoms with Crippen LogP contribution >= 0.6 is 0 Å². The zero-order valence-corrected chi connectivity index (χ0v) is 12.3. The number of benzene rings is 2. The average Bonchev–Trinajstić information content (AvgIpc) is 2.52. The van der Waals surface area contributed by atoms with Gasteiger partial charge in [0.2, 0.25) is 0 Å². The highest BCUT2D eigenvalue weighted by atomic mass is 16.1. The summed E-state index contributed by atoms with van der Waals surface area (Å²) < 4.78 is 0. The zero-order valence-electron chi connectivity index (χ0n) is 12.3. The second kappa shape index (κ2) is 6.04. The van der Waals surface area contributed by atoms with Crippen LogP contribution in [0.15, 0.2) is 59.6 Å². The first-order chi connectivity index (χ1) is 10.2. The van der Waals surface area contributed by atoms with Crippen molar-refractivity contribution in [3.8, 4) is 0 Å². The largest absolute Gasteiger partial charge is 0.292 e. The maximum atomic E-state index is 12.7. The summed E-state index contributed by atoms with van der Waals surface area (Å²) in [6, 6.07) is 18.3. The van der Waals surface area contributed by atoms with Crippen LogP contribution in [0.2, 0.25) is 0 Å². The number of hydrogen-bond acceptors (Lipinski definition) is 2. The van der Waals surface area contributed by atoms with Crippen molar-refractivity contribution in [1.82, 2.24) is 0 Å². The Morgan fingerprint density at radius 2 is 1.76 bits per heavy atom. The first-order valence-electron chi connectivity index (χ1n) is 7.43. The summed E-state index contributed by atoms with van der Waals surface area (Å²) in [4.78, 5) is 17.2. The normalized spacial score (nSPS) is 18.4. The molecule has 2 aromatic carbocycles. The maximum Gasteiger partial charge on any atom is 0.184 e. The summed E-state index contributed by atoms with van der Waals surface area (Å²) in [5.74, 6) is 0.246. The Kier molecular flexibility index (Phi) is 3.96. The molecule has 2 heteroatoms. The van der Waals surface area contributed by atoms with Gasteiger partial charge in [0.25, 0.3) is 0 Å². The van der Waals surface area contributed by atoms with Crippen LogP contribution in [0.25, 0.3) is 0 Å². The van der Waals surface area contributed by atoms with E-state index in [0.29, 0.717) is 5.71 Å². The van der Waals surface area contributed by atoms with Crippen LogP contribution in [0.3, 0.4) is 0 Å². The van der Waals surface area contributed by atoms with Gasteiger partial charge in [-0.2, -0.15) is 0 Å². The van der Waals surface area contributed by atoms with Crippen molar-refractivity contribution in [3.63, 3.8) is 0 Å². The molecule has 1 aliphatic heterocycles.